The van der Waals surface area contributed by atoms with E-state index in [-0.39, 0.29) is 35.2 Å². The first kappa shape index (κ1) is 17.0. The molecule has 22 heavy (non-hydrogen) atoms. The molecule has 5 heteroatoms. The van der Waals surface area contributed by atoms with Gasteiger partial charge >= 0.3 is 5.97 Å². The molecule has 1 amide bonds. The second-order valence-corrected chi connectivity index (χ2v) is 7.71. The highest BCUT2D eigenvalue weighted by Gasteiger charge is 2.42. The molecule has 1 unspecified atom stereocenters. The normalized spacial score (nSPS) is 29.6. The standard InChI is InChI=1S/C17H27NO4/c1-10(15(20)18-17(2,3)4)22-16(21)13-8-11-6-5-7-12(9-13)14(11)19/h10-13H,5-9H2,1-4H3,(H,18,20)/t10-,11-,12+,13?/m1/s1. The smallest absolute Gasteiger partial charge is 0.309 e. The number of hydrogen-bond donors (Lipinski definition) is 1. The number of ether oxygens (including phenoxy) is 1. The number of amides is 1. The fourth-order valence-electron chi connectivity index (χ4n) is 3.47. The van der Waals surface area contributed by atoms with E-state index in [4.69, 9.17) is 4.74 Å². The number of carbonyl (C=O) groups excluding carboxylic acids is 3. The monoisotopic (exact) mass is 309 g/mol. The van der Waals surface area contributed by atoms with Gasteiger partial charge in [-0.25, -0.2) is 0 Å². The third kappa shape index (κ3) is 4.08. The lowest BCUT2D eigenvalue weighted by molar-refractivity contribution is -0.162. The molecule has 2 bridgehead atoms. The first-order valence-corrected chi connectivity index (χ1v) is 8.23. The van der Waals surface area contributed by atoms with Crippen molar-refractivity contribution in [3.63, 3.8) is 0 Å². The van der Waals surface area contributed by atoms with Gasteiger partial charge in [-0.2, -0.15) is 0 Å². The van der Waals surface area contributed by atoms with Crippen LogP contribution in [-0.2, 0) is 19.1 Å². The Kier molecular flexibility index (Phi) is 4.93. The number of rotatable bonds is 3. The van der Waals surface area contributed by atoms with Crippen LogP contribution in [0.3, 0.4) is 0 Å². The minimum atomic E-state index is -0.802. The van der Waals surface area contributed by atoms with Crippen LogP contribution < -0.4 is 5.32 Å². The molecule has 2 saturated carbocycles. The minimum absolute atomic E-state index is 0.0174. The summed E-state index contributed by atoms with van der Waals surface area (Å²) < 4.78 is 5.34. The van der Waals surface area contributed by atoms with Gasteiger partial charge in [0.05, 0.1) is 5.92 Å². The fourth-order valence-corrected chi connectivity index (χ4v) is 3.47. The average molecular weight is 309 g/mol. The lowest BCUT2D eigenvalue weighted by Gasteiger charge is -2.36. The first-order chi connectivity index (χ1) is 10.2. The molecule has 4 atom stereocenters. The molecule has 1 N–H and O–H groups in total. The lowest BCUT2D eigenvalue weighted by atomic mass is 9.67. The Morgan fingerprint density at radius 1 is 1.18 bits per heavy atom. The van der Waals surface area contributed by atoms with Crippen molar-refractivity contribution in [1.29, 1.82) is 0 Å². The maximum absolute atomic E-state index is 12.3. The molecule has 0 aromatic carbocycles. The summed E-state index contributed by atoms with van der Waals surface area (Å²) in [6, 6.07) is 0. The van der Waals surface area contributed by atoms with E-state index in [1.54, 1.807) is 6.92 Å². The Hall–Kier alpha value is -1.39. The zero-order valence-electron chi connectivity index (χ0n) is 14.0. The number of hydrogen-bond acceptors (Lipinski definition) is 4. The molecular weight excluding hydrogens is 282 g/mol. The quantitative estimate of drug-likeness (QED) is 0.811. The van der Waals surface area contributed by atoms with E-state index < -0.39 is 6.10 Å². The van der Waals surface area contributed by atoms with E-state index >= 15 is 0 Å². The van der Waals surface area contributed by atoms with Crippen LogP contribution >= 0.6 is 0 Å². The van der Waals surface area contributed by atoms with Crippen LogP contribution in [0.5, 0.6) is 0 Å². The van der Waals surface area contributed by atoms with Gasteiger partial charge < -0.3 is 10.1 Å². The Bertz CT molecular complexity index is 450. The predicted molar refractivity (Wildman–Crippen MR) is 82.0 cm³/mol. The molecule has 2 rings (SSSR count). The van der Waals surface area contributed by atoms with Crippen LogP contribution in [0.15, 0.2) is 0 Å². The lowest BCUT2D eigenvalue weighted by Crippen LogP contribution is -2.47. The largest absolute Gasteiger partial charge is 0.452 e. The van der Waals surface area contributed by atoms with Gasteiger partial charge in [0.2, 0.25) is 0 Å². The first-order valence-electron chi connectivity index (χ1n) is 8.23. The van der Waals surface area contributed by atoms with Crippen LogP contribution in [-0.4, -0.2) is 29.3 Å². The van der Waals surface area contributed by atoms with Crippen LogP contribution in [0.2, 0.25) is 0 Å². The minimum Gasteiger partial charge on any atom is -0.452 e. The third-order valence-electron chi connectivity index (χ3n) is 4.54. The summed E-state index contributed by atoms with van der Waals surface area (Å²) in [6.07, 6.45) is 3.22. The van der Waals surface area contributed by atoms with Gasteiger partial charge in [-0.3, -0.25) is 14.4 Å². The van der Waals surface area contributed by atoms with Crippen LogP contribution in [0.1, 0.15) is 59.8 Å². The number of fused-ring (bicyclic) bond motifs is 2. The van der Waals surface area contributed by atoms with Gasteiger partial charge in [0.1, 0.15) is 5.78 Å². The summed E-state index contributed by atoms with van der Waals surface area (Å²) in [7, 11) is 0. The number of esters is 1. The summed E-state index contributed by atoms with van der Waals surface area (Å²) in [6.45, 7) is 7.24. The van der Waals surface area contributed by atoms with Crippen molar-refractivity contribution >= 4 is 17.7 Å². The van der Waals surface area contributed by atoms with Crippen LogP contribution in [0.25, 0.3) is 0 Å². The van der Waals surface area contributed by atoms with Crippen LogP contribution in [0.4, 0.5) is 0 Å². The number of Topliss-reactive ketones (excluding diaryl/α,β-unsaturated/α-hetero) is 1. The van der Waals surface area contributed by atoms with Crippen molar-refractivity contribution in [3.8, 4) is 0 Å². The fraction of sp³-hybridized carbons (Fsp3) is 0.824. The van der Waals surface area contributed by atoms with Gasteiger partial charge in [0.15, 0.2) is 6.10 Å². The molecule has 2 aliphatic carbocycles. The van der Waals surface area contributed by atoms with Crippen molar-refractivity contribution in [1.82, 2.24) is 5.32 Å². The Morgan fingerprint density at radius 3 is 2.23 bits per heavy atom. The van der Waals surface area contributed by atoms with Gasteiger partial charge in [0.25, 0.3) is 5.91 Å². The highest BCUT2D eigenvalue weighted by molar-refractivity contribution is 5.88. The zero-order valence-corrected chi connectivity index (χ0v) is 14.0. The van der Waals surface area contributed by atoms with E-state index in [0.717, 1.165) is 19.3 Å². The zero-order chi connectivity index (χ0) is 16.5. The van der Waals surface area contributed by atoms with E-state index in [9.17, 15) is 14.4 Å². The molecular formula is C17H27NO4. The third-order valence-corrected chi connectivity index (χ3v) is 4.54. The molecule has 2 aliphatic rings. The van der Waals surface area contributed by atoms with Gasteiger partial charge in [0, 0.05) is 17.4 Å². The van der Waals surface area contributed by atoms with E-state index in [1.165, 1.54) is 0 Å². The molecule has 0 aliphatic heterocycles. The van der Waals surface area contributed by atoms with Crippen molar-refractivity contribution < 1.29 is 19.1 Å². The molecule has 124 valence electrons. The summed E-state index contributed by atoms with van der Waals surface area (Å²) >= 11 is 0. The Morgan fingerprint density at radius 2 is 1.73 bits per heavy atom. The van der Waals surface area contributed by atoms with Crippen molar-refractivity contribution in [2.45, 2.75) is 71.4 Å². The van der Waals surface area contributed by atoms with Crippen molar-refractivity contribution in [2.24, 2.45) is 17.8 Å². The maximum Gasteiger partial charge on any atom is 0.309 e. The molecule has 0 heterocycles. The highest BCUT2D eigenvalue weighted by atomic mass is 16.5. The van der Waals surface area contributed by atoms with Gasteiger partial charge in [-0.05, 0) is 53.4 Å². The van der Waals surface area contributed by atoms with Crippen molar-refractivity contribution in [3.05, 3.63) is 0 Å². The molecule has 0 saturated heterocycles. The number of carbonyl (C=O) groups is 3. The maximum atomic E-state index is 12.3. The second-order valence-electron chi connectivity index (χ2n) is 7.71. The topological polar surface area (TPSA) is 72.5 Å². The molecule has 0 spiro atoms. The number of nitrogens with one attached hydrogen (secondary N) is 1. The molecule has 0 radical (unpaired) electrons. The Balaban J connectivity index is 1.90. The number of ketones is 1. The molecule has 5 nitrogen and oxygen atoms in total. The average Bonchev–Trinajstić information content (AvgIpc) is 2.35. The SMILES string of the molecule is C[C@@H](OC(=O)C1C[C@H]2CCC[C@@H](C1)C2=O)C(=O)NC(C)(C)C. The molecule has 0 aromatic rings. The van der Waals surface area contributed by atoms with E-state index in [2.05, 4.69) is 5.32 Å². The molecule has 2 fully saturated rings. The second kappa shape index (κ2) is 6.39. The van der Waals surface area contributed by atoms with Gasteiger partial charge in [-0.15, -0.1) is 0 Å². The molecule has 0 aromatic heterocycles. The highest BCUT2D eigenvalue weighted by Crippen LogP contribution is 2.40. The summed E-state index contributed by atoms with van der Waals surface area (Å²) in [5.74, 6) is -0.492. The summed E-state index contributed by atoms with van der Waals surface area (Å²) in [5, 5.41) is 2.80. The Labute approximate surface area is 132 Å². The van der Waals surface area contributed by atoms with Crippen LogP contribution in [0, 0.1) is 17.8 Å². The summed E-state index contributed by atoms with van der Waals surface area (Å²) in [4.78, 5) is 36.3. The van der Waals surface area contributed by atoms with Gasteiger partial charge in [-0.1, -0.05) is 6.42 Å². The van der Waals surface area contributed by atoms with Crippen molar-refractivity contribution in [2.75, 3.05) is 0 Å². The van der Waals surface area contributed by atoms with E-state index in [1.807, 2.05) is 20.8 Å². The predicted octanol–water partition coefficient (Wildman–Crippen LogP) is 2.23. The van der Waals surface area contributed by atoms with E-state index in [0.29, 0.717) is 18.6 Å². The summed E-state index contributed by atoms with van der Waals surface area (Å²) in [5.41, 5.74) is -0.355.